The maximum Gasteiger partial charge on any atom is 0.238 e. The van der Waals surface area contributed by atoms with E-state index < -0.39 is 0 Å². The molecular formula is C20H11Br2NO2. The van der Waals surface area contributed by atoms with Crippen molar-refractivity contribution in [2.75, 3.05) is 0 Å². The number of fused-ring (bicyclic) bond motifs is 2. The molecule has 0 bridgehead atoms. The summed E-state index contributed by atoms with van der Waals surface area (Å²) < 4.78 is 6.47. The molecule has 0 saturated carbocycles. The number of rotatable bonds is 2. The lowest BCUT2D eigenvalue weighted by Crippen LogP contribution is -1.96. The number of halogens is 2. The maximum absolute atomic E-state index is 12.3. The van der Waals surface area contributed by atoms with Crippen molar-refractivity contribution in [2.45, 2.75) is 0 Å². The van der Waals surface area contributed by atoms with Gasteiger partial charge >= 0.3 is 0 Å². The first-order valence-corrected chi connectivity index (χ1v) is 9.16. The maximum atomic E-state index is 12.3. The fraction of sp³-hybridized carbons (Fsp3) is 0. The van der Waals surface area contributed by atoms with Gasteiger partial charge in [-0.2, -0.15) is 0 Å². The molecule has 0 fully saturated rings. The molecular weight excluding hydrogens is 446 g/mol. The monoisotopic (exact) mass is 455 g/mol. The minimum absolute atomic E-state index is 0.224. The van der Waals surface area contributed by atoms with Crippen LogP contribution in [0.25, 0.3) is 33.9 Å². The van der Waals surface area contributed by atoms with E-state index in [0.717, 1.165) is 10.0 Å². The highest BCUT2D eigenvalue weighted by Gasteiger charge is 2.11. The first kappa shape index (κ1) is 16.2. The Balaban J connectivity index is 1.81. The minimum atomic E-state index is -0.224. The van der Waals surface area contributed by atoms with Crippen LogP contribution in [-0.4, -0.2) is 5.16 Å². The zero-order valence-corrected chi connectivity index (χ0v) is 16.0. The van der Waals surface area contributed by atoms with Crippen LogP contribution in [-0.2, 0) is 0 Å². The lowest BCUT2D eigenvalue weighted by Gasteiger charge is -1.98. The van der Waals surface area contributed by atoms with Gasteiger partial charge in [0, 0.05) is 4.47 Å². The predicted molar refractivity (Wildman–Crippen MR) is 109 cm³/mol. The zero-order valence-electron chi connectivity index (χ0n) is 12.9. The molecule has 0 amide bonds. The van der Waals surface area contributed by atoms with Crippen LogP contribution in [0.2, 0.25) is 0 Å². The lowest BCUT2D eigenvalue weighted by molar-refractivity contribution is 0.453. The first-order chi connectivity index (χ1) is 12.1. The second-order valence-corrected chi connectivity index (χ2v) is 7.37. The van der Waals surface area contributed by atoms with Crippen molar-refractivity contribution in [3.63, 3.8) is 0 Å². The Bertz CT molecular complexity index is 1200. The molecule has 0 saturated heterocycles. The Kier molecular flexibility index (Phi) is 4.27. The number of benzene rings is 2. The molecule has 122 valence electrons. The second-order valence-electron chi connectivity index (χ2n) is 5.60. The molecule has 0 unspecified atom stereocenters. The fourth-order valence-corrected chi connectivity index (χ4v) is 3.89. The molecule has 0 radical (unpaired) electrons. The Hall–Kier alpha value is -2.24. The summed E-state index contributed by atoms with van der Waals surface area (Å²) in [6.45, 7) is 0. The van der Waals surface area contributed by atoms with Gasteiger partial charge in [-0.05, 0) is 56.5 Å². The van der Waals surface area contributed by atoms with Crippen LogP contribution in [0.5, 0.6) is 0 Å². The van der Waals surface area contributed by atoms with Crippen molar-refractivity contribution in [1.82, 2.24) is 5.16 Å². The van der Waals surface area contributed by atoms with E-state index in [2.05, 4.69) is 61.3 Å². The van der Waals surface area contributed by atoms with Crippen LogP contribution < -0.4 is 5.43 Å². The number of nitrogens with zero attached hydrogens (tertiary/aromatic N) is 1. The van der Waals surface area contributed by atoms with E-state index in [9.17, 15) is 4.79 Å². The zero-order chi connectivity index (χ0) is 17.4. The molecule has 0 aliphatic rings. The standard InChI is InChI=1S/C20H11Br2NO2/c21-15-10-16-18(23-25-20(16)19(24)17(22)11-15)8-6-12-5-7-13-3-1-2-4-14(13)9-12/h1-11H/b8-6+. The van der Waals surface area contributed by atoms with Crippen LogP contribution in [0.1, 0.15) is 11.3 Å². The van der Waals surface area contributed by atoms with Gasteiger partial charge in [-0.1, -0.05) is 63.6 Å². The van der Waals surface area contributed by atoms with Gasteiger partial charge in [-0.3, -0.25) is 4.79 Å². The normalized spacial score (nSPS) is 11.6. The van der Waals surface area contributed by atoms with E-state index in [1.807, 2.05) is 36.4 Å². The summed E-state index contributed by atoms with van der Waals surface area (Å²) in [7, 11) is 0. The smallest absolute Gasteiger partial charge is 0.238 e. The summed E-state index contributed by atoms with van der Waals surface area (Å²) in [6.07, 6.45) is 3.82. The van der Waals surface area contributed by atoms with Crippen molar-refractivity contribution in [3.05, 3.63) is 85.0 Å². The molecule has 0 aliphatic carbocycles. The summed E-state index contributed by atoms with van der Waals surface area (Å²) >= 11 is 6.68. The number of hydrogen-bond donors (Lipinski definition) is 0. The summed E-state index contributed by atoms with van der Waals surface area (Å²) in [5, 5.41) is 7.08. The molecule has 0 spiro atoms. The molecule has 3 aromatic carbocycles. The van der Waals surface area contributed by atoms with Gasteiger partial charge in [0.2, 0.25) is 11.0 Å². The SMILES string of the molecule is O=c1c(Br)cc(Br)cc2c(/C=C/c3ccc4ccccc4c3)noc12. The molecule has 0 N–H and O–H groups in total. The summed E-state index contributed by atoms with van der Waals surface area (Å²) in [6, 6.07) is 18.0. The van der Waals surface area contributed by atoms with E-state index in [4.69, 9.17) is 4.52 Å². The van der Waals surface area contributed by atoms with Gasteiger partial charge in [0.05, 0.1) is 9.86 Å². The molecule has 4 aromatic rings. The Morgan fingerprint density at radius 2 is 1.72 bits per heavy atom. The van der Waals surface area contributed by atoms with E-state index in [0.29, 0.717) is 15.6 Å². The average Bonchev–Trinajstić information content (AvgIpc) is 2.96. The molecule has 0 atom stereocenters. The van der Waals surface area contributed by atoms with Gasteiger partial charge in [-0.25, -0.2) is 0 Å². The van der Waals surface area contributed by atoms with E-state index in [1.165, 1.54) is 10.8 Å². The van der Waals surface area contributed by atoms with Gasteiger partial charge in [0.1, 0.15) is 5.69 Å². The Labute approximate surface area is 160 Å². The summed E-state index contributed by atoms with van der Waals surface area (Å²) in [5.74, 6) is 0. The first-order valence-electron chi connectivity index (χ1n) is 7.57. The molecule has 4 rings (SSSR count). The summed E-state index contributed by atoms with van der Waals surface area (Å²) in [5.41, 5.74) is 1.68. The van der Waals surface area contributed by atoms with Crippen LogP contribution in [0, 0.1) is 0 Å². The highest BCUT2D eigenvalue weighted by Crippen LogP contribution is 2.24. The number of hydrogen-bond acceptors (Lipinski definition) is 3. The van der Waals surface area contributed by atoms with Gasteiger partial charge in [0.15, 0.2) is 0 Å². The molecule has 1 heterocycles. The lowest BCUT2D eigenvalue weighted by atomic mass is 10.1. The predicted octanol–water partition coefficient (Wildman–Crippen LogP) is 6.04. The fourth-order valence-electron chi connectivity index (χ4n) is 2.69. The van der Waals surface area contributed by atoms with Crippen LogP contribution >= 0.6 is 31.9 Å². The number of aromatic nitrogens is 1. The average molecular weight is 457 g/mol. The van der Waals surface area contributed by atoms with Crippen LogP contribution in [0.3, 0.4) is 0 Å². The highest BCUT2D eigenvalue weighted by atomic mass is 79.9. The molecule has 3 nitrogen and oxygen atoms in total. The Morgan fingerprint density at radius 3 is 2.56 bits per heavy atom. The molecule has 25 heavy (non-hydrogen) atoms. The van der Waals surface area contributed by atoms with Gasteiger partial charge in [0.25, 0.3) is 0 Å². The molecule has 5 heteroatoms. The van der Waals surface area contributed by atoms with Crippen LogP contribution in [0.4, 0.5) is 0 Å². The quantitative estimate of drug-likeness (QED) is 0.369. The third-order valence-electron chi connectivity index (χ3n) is 3.93. The third-order valence-corrected chi connectivity index (χ3v) is 4.98. The Morgan fingerprint density at radius 1 is 0.920 bits per heavy atom. The van der Waals surface area contributed by atoms with Crippen molar-refractivity contribution in [1.29, 1.82) is 0 Å². The minimum Gasteiger partial charge on any atom is -0.351 e. The molecule has 0 aliphatic heterocycles. The van der Waals surface area contributed by atoms with Gasteiger partial charge in [-0.15, -0.1) is 0 Å². The summed E-state index contributed by atoms with van der Waals surface area (Å²) in [4.78, 5) is 12.3. The van der Waals surface area contributed by atoms with E-state index in [-0.39, 0.29) is 11.0 Å². The molecule has 1 aromatic heterocycles. The van der Waals surface area contributed by atoms with Crippen molar-refractivity contribution >= 4 is 65.8 Å². The van der Waals surface area contributed by atoms with Crippen molar-refractivity contribution in [2.24, 2.45) is 0 Å². The topological polar surface area (TPSA) is 43.1 Å². The van der Waals surface area contributed by atoms with Crippen molar-refractivity contribution < 1.29 is 4.52 Å². The van der Waals surface area contributed by atoms with E-state index >= 15 is 0 Å². The van der Waals surface area contributed by atoms with Crippen molar-refractivity contribution in [3.8, 4) is 0 Å². The largest absolute Gasteiger partial charge is 0.351 e. The van der Waals surface area contributed by atoms with Crippen LogP contribution in [0.15, 0.2) is 72.9 Å². The van der Waals surface area contributed by atoms with Gasteiger partial charge < -0.3 is 4.52 Å². The highest BCUT2D eigenvalue weighted by molar-refractivity contribution is 9.11. The second kappa shape index (κ2) is 6.58. The third kappa shape index (κ3) is 3.17. The van der Waals surface area contributed by atoms with E-state index in [1.54, 1.807) is 6.07 Å².